The third-order valence-corrected chi connectivity index (χ3v) is 3.83. The topological polar surface area (TPSA) is 47.6 Å². The van der Waals surface area contributed by atoms with E-state index in [-0.39, 0.29) is 18.6 Å². The lowest BCUT2D eigenvalue weighted by molar-refractivity contribution is -0.124. The fourth-order valence-electron chi connectivity index (χ4n) is 1.98. The highest BCUT2D eigenvalue weighted by Crippen LogP contribution is 2.18. The van der Waals surface area contributed by atoms with Crippen LogP contribution in [0.1, 0.15) is 26.3 Å². The van der Waals surface area contributed by atoms with Crippen molar-refractivity contribution < 1.29 is 14.3 Å². The molecule has 1 N–H and O–H groups in total. The number of hydrogen-bond acceptors (Lipinski definition) is 3. The van der Waals surface area contributed by atoms with Crippen molar-refractivity contribution in [1.82, 2.24) is 5.32 Å². The van der Waals surface area contributed by atoms with Crippen molar-refractivity contribution in [2.45, 2.75) is 33.4 Å². The van der Waals surface area contributed by atoms with E-state index in [0.29, 0.717) is 18.3 Å². The zero-order chi connectivity index (χ0) is 17.4. The minimum atomic E-state index is -0.111. The summed E-state index contributed by atoms with van der Waals surface area (Å²) in [5, 5.41) is 2.91. The number of hydrogen-bond donors (Lipinski definition) is 1. The van der Waals surface area contributed by atoms with E-state index in [4.69, 9.17) is 9.47 Å². The number of carbonyl (C=O) groups is 1. The fourth-order valence-corrected chi connectivity index (χ4v) is 1.98. The van der Waals surface area contributed by atoms with Crippen molar-refractivity contribution in [2.24, 2.45) is 5.92 Å². The summed E-state index contributed by atoms with van der Waals surface area (Å²) in [7, 11) is 0. The molecule has 128 valence electrons. The molecule has 0 saturated heterocycles. The standard InChI is InChI=1S/C20H25NO3/c1-15(2)16(3)21-20(22)14-24-19-11-9-18(10-12-19)23-13-17-7-5-4-6-8-17/h4-12,15-16H,13-14H2,1-3H3,(H,21,22)/t16-/m1/s1. The lowest BCUT2D eigenvalue weighted by Gasteiger charge is -2.17. The second-order valence-corrected chi connectivity index (χ2v) is 6.13. The summed E-state index contributed by atoms with van der Waals surface area (Å²) in [6.45, 7) is 6.67. The molecule has 2 rings (SSSR count). The summed E-state index contributed by atoms with van der Waals surface area (Å²) in [6.07, 6.45) is 0. The highest BCUT2D eigenvalue weighted by Gasteiger charge is 2.11. The van der Waals surface area contributed by atoms with Crippen molar-refractivity contribution in [3.05, 3.63) is 60.2 Å². The Kier molecular flexibility index (Phi) is 6.67. The van der Waals surface area contributed by atoms with Crippen LogP contribution in [0, 0.1) is 5.92 Å². The van der Waals surface area contributed by atoms with E-state index in [1.54, 1.807) is 12.1 Å². The molecule has 4 heteroatoms. The SMILES string of the molecule is CC(C)[C@@H](C)NC(=O)COc1ccc(OCc2ccccc2)cc1. The Labute approximate surface area is 143 Å². The van der Waals surface area contributed by atoms with Gasteiger partial charge in [0.1, 0.15) is 18.1 Å². The zero-order valence-corrected chi connectivity index (χ0v) is 14.5. The van der Waals surface area contributed by atoms with Crippen LogP contribution in [0.4, 0.5) is 0 Å². The van der Waals surface area contributed by atoms with Crippen molar-refractivity contribution in [3.8, 4) is 11.5 Å². The van der Waals surface area contributed by atoms with Crippen LogP contribution in [-0.4, -0.2) is 18.6 Å². The molecule has 4 nitrogen and oxygen atoms in total. The Bertz CT molecular complexity index is 623. The van der Waals surface area contributed by atoms with Crippen LogP contribution in [0.3, 0.4) is 0 Å². The van der Waals surface area contributed by atoms with Gasteiger partial charge < -0.3 is 14.8 Å². The zero-order valence-electron chi connectivity index (χ0n) is 14.5. The molecule has 0 spiro atoms. The molecule has 2 aromatic carbocycles. The maximum Gasteiger partial charge on any atom is 0.258 e. The minimum absolute atomic E-state index is 0.0152. The molecular formula is C20H25NO3. The lowest BCUT2D eigenvalue weighted by Crippen LogP contribution is -2.38. The Morgan fingerprint density at radius 3 is 2.08 bits per heavy atom. The smallest absolute Gasteiger partial charge is 0.258 e. The summed E-state index contributed by atoms with van der Waals surface area (Å²) in [6, 6.07) is 17.4. The number of ether oxygens (including phenoxy) is 2. The molecule has 0 heterocycles. The van der Waals surface area contributed by atoms with Gasteiger partial charge in [0.15, 0.2) is 6.61 Å². The van der Waals surface area contributed by atoms with E-state index in [1.165, 1.54) is 0 Å². The Hall–Kier alpha value is -2.49. The molecule has 0 aliphatic heterocycles. The van der Waals surface area contributed by atoms with Crippen LogP contribution in [0.5, 0.6) is 11.5 Å². The normalized spacial score (nSPS) is 11.8. The van der Waals surface area contributed by atoms with Crippen LogP contribution in [0.2, 0.25) is 0 Å². The lowest BCUT2D eigenvalue weighted by atomic mass is 10.1. The molecule has 0 bridgehead atoms. The van der Waals surface area contributed by atoms with Gasteiger partial charge in [0.05, 0.1) is 0 Å². The van der Waals surface area contributed by atoms with Gasteiger partial charge in [-0.05, 0) is 42.7 Å². The molecule has 1 atom stereocenters. The van der Waals surface area contributed by atoms with E-state index < -0.39 is 0 Å². The van der Waals surface area contributed by atoms with Crippen LogP contribution in [-0.2, 0) is 11.4 Å². The number of benzene rings is 2. The van der Waals surface area contributed by atoms with E-state index in [1.807, 2.05) is 49.4 Å². The molecular weight excluding hydrogens is 302 g/mol. The predicted molar refractivity (Wildman–Crippen MR) is 95.2 cm³/mol. The molecule has 0 fully saturated rings. The van der Waals surface area contributed by atoms with Crippen molar-refractivity contribution in [2.75, 3.05) is 6.61 Å². The van der Waals surface area contributed by atoms with E-state index in [0.717, 1.165) is 11.3 Å². The maximum atomic E-state index is 11.8. The van der Waals surface area contributed by atoms with Crippen molar-refractivity contribution >= 4 is 5.91 Å². The highest BCUT2D eigenvalue weighted by atomic mass is 16.5. The van der Waals surface area contributed by atoms with Crippen molar-refractivity contribution in [3.63, 3.8) is 0 Å². The molecule has 0 unspecified atom stereocenters. The molecule has 1 amide bonds. The number of carbonyl (C=O) groups excluding carboxylic acids is 1. The number of rotatable bonds is 8. The first-order valence-electron chi connectivity index (χ1n) is 8.23. The van der Waals surface area contributed by atoms with E-state index in [2.05, 4.69) is 19.2 Å². The van der Waals surface area contributed by atoms with Gasteiger partial charge in [-0.25, -0.2) is 0 Å². The van der Waals surface area contributed by atoms with Crippen LogP contribution in [0.15, 0.2) is 54.6 Å². The van der Waals surface area contributed by atoms with Gasteiger partial charge in [0, 0.05) is 6.04 Å². The molecule has 0 radical (unpaired) electrons. The summed E-state index contributed by atoms with van der Waals surface area (Å²) in [5.74, 6) is 1.70. The van der Waals surface area contributed by atoms with Gasteiger partial charge in [0.25, 0.3) is 5.91 Å². The van der Waals surface area contributed by atoms with Gasteiger partial charge in [-0.2, -0.15) is 0 Å². The number of amides is 1. The molecule has 0 aromatic heterocycles. The molecule has 0 saturated carbocycles. The second kappa shape index (κ2) is 8.96. The second-order valence-electron chi connectivity index (χ2n) is 6.13. The quantitative estimate of drug-likeness (QED) is 0.802. The number of nitrogens with one attached hydrogen (secondary N) is 1. The molecule has 24 heavy (non-hydrogen) atoms. The van der Waals surface area contributed by atoms with Gasteiger partial charge in [0.2, 0.25) is 0 Å². The van der Waals surface area contributed by atoms with Gasteiger partial charge in [-0.15, -0.1) is 0 Å². The van der Waals surface area contributed by atoms with E-state index >= 15 is 0 Å². The molecule has 0 aliphatic rings. The minimum Gasteiger partial charge on any atom is -0.489 e. The first kappa shape index (κ1) is 17.9. The third-order valence-electron chi connectivity index (χ3n) is 3.83. The van der Waals surface area contributed by atoms with Crippen LogP contribution < -0.4 is 14.8 Å². The Balaban J connectivity index is 1.76. The average Bonchev–Trinajstić information content (AvgIpc) is 2.60. The summed E-state index contributed by atoms with van der Waals surface area (Å²) < 4.78 is 11.2. The summed E-state index contributed by atoms with van der Waals surface area (Å²) in [4.78, 5) is 11.8. The Morgan fingerprint density at radius 1 is 0.917 bits per heavy atom. The maximum absolute atomic E-state index is 11.8. The first-order chi connectivity index (χ1) is 11.5. The van der Waals surface area contributed by atoms with Gasteiger partial charge in [-0.3, -0.25) is 4.79 Å². The fraction of sp³-hybridized carbons (Fsp3) is 0.350. The first-order valence-corrected chi connectivity index (χ1v) is 8.23. The van der Waals surface area contributed by atoms with E-state index in [9.17, 15) is 4.79 Å². The third kappa shape index (κ3) is 5.95. The van der Waals surface area contributed by atoms with Gasteiger partial charge in [-0.1, -0.05) is 44.2 Å². The summed E-state index contributed by atoms with van der Waals surface area (Å²) >= 11 is 0. The van der Waals surface area contributed by atoms with Gasteiger partial charge >= 0.3 is 0 Å². The van der Waals surface area contributed by atoms with Crippen molar-refractivity contribution in [1.29, 1.82) is 0 Å². The average molecular weight is 327 g/mol. The monoisotopic (exact) mass is 327 g/mol. The largest absolute Gasteiger partial charge is 0.489 e. The highest BCUT2D eigenvalue weighted by molar-refractivity contribution is 5.77. The molecule has 0 aliphatic carbocycles. The van der Waals surface area contributed by atoms with Crippen LogP contribution >= 0.6 is 0 Å². The predicted octanol–water partition coefficient (Wildman–Crippen LogP) is 3.81. The molecule has 2 aromatic rings. The Morgan fingerprint density at radius 2 is 1.50 bits per heavy atom. The van der Waals surface area contributed by atoms with Crippen LogP contribution in [0.25, 0.3) is 0 Å². The summed E-state index contributed by atoms with van der Waals surface area (Å²) in [5.41, 5.74) is 1.12.